The van der Waals surface area contributed by atoms with Crippen LogP contribution in [-0.4, -0.2) is 106 Å². The molecule has 0 N–H and O–H groups in total. The van der Waals surface area contributed by atoms with Crippen LogP contribution in [0.5, 0.6) is 0 Å². The molecule has 0 heterocycles. The van der Waals surface area contributed by atoms with Gasteiger partial charge in [0.1, 0.15) is 0 Å². The zero-order valence-electron chi connectivity index (χ0n) is 23.2. The maximum absolute atomic E-state index is 6.91. The predicted octanol–water partition coefficient (Wildman–Crippen LogP) is 1.83. The van der Waals surface area contributed by atoms with Crippen molar-refractivity contribution in [2.75, 3.05) is 0 Å². The summed E-state index contributed by atoms with van der Waals surface area (Å²) in [6.45, 7) is 19.1. The lowest BCUT2D eigenvalue weighted by molar-refractivity contribution is 0.543. The molecule has 2 nitrogen and oxygen atoms in total. The first-order valence-electron chi connectivity index (χ1n) is 11.9. The average Bonchev–Trinajstić information content (AvgIpc) is 2.67. The van der Waals surface area contributed by atoms with Gasteiger partial charge in [0.25, 0.3) is 0 Å². The molecule has 0 rings (SSSR count). The number of hydrogen-bond acceptors (Lipinski definition) is 2. The minimum atomic E-state index is -2.72. The van der Waals surface area contributed by atoms with Gasteiger partial charge in [0, 0.05) is 77.3 Å². The van der Waals surface area contributed by atoms with E-state index >= 15 is 0 Å². The van der Waals surface area contributed by atoms with Gasteiger partial charge in [0.15, 0.2) is 33.3 Å². The van der Waals surface area contributed by atoms with E-state index in [2.05, 4.69) is 83.2 Å². The Morgan fingerprint density at radius 1 is 0.735 bits per heavy atom. The SMILES string of the molecule is [B][B]B([B])C(B([B])[B])(B([B])[B]C[Si](C)(C)O[Si](C)(C)CC#CC)[Si](C)(C)O[Si](C)(C)CC#CC. The highest BCUT2D eigenvalue weighted by Crippen LogP contribution is 2.44. The van der Waals surface area contributed by atoms with Gasteiger partial charge in [-0.2, -0.15) is 0 Å². The molecule has 0 aromatic rings. The van der Waals surface area contributed by atoms with E-state index < -0.39 is 57.5 Å². The summed E-state index contributed by atoms with van der Waals surface area (Å²) < 4.78 is 12.7. The van der Waals surface area contributed by atoms with Crippen LogP contribution in [0.1, 0.15) is 13.8 Å². The lowest BCUT2D eigenvalue weighted by Gasteiger charge is -2.58. The van der Waals surface area contributed by atoms with Crippen LogP contribution in [0.25, 0.3) is 0 Å². The molecule has 0 fully saturated rings. The van der Waals surface area contributed by atoms with Crippen molar-refractivity contribution in [3.63, 3.8) is 0 Å². The summed E-state index contributed by atoms with van der Waals surface area (Å²) in [7, 11) is 27.2. The highest BCUT2D eigenvalue weighted by atomic mass is 28.4. The second kappa shape index (κ2) is 13.9. The van der Waals surface area contributed by atoms with Crippen molar-refractivity contribution in [1.29, 1.82) is 0 Å². The van der Waals surface area contributed by atoms with Gasteiger partial charge in [0.2, 0.25) is 0 Å². The first kappa shape index (κ1) is 34.6. The second-order valence-corrected chi connectivity index (χ2v) is 28.5. The summed E-state index contributed by atoms with van der Waals surface area (Å²) in [5.41, 5.74) is 0. The molecule has 0 bridgehead atoms. The van der Waals surface area contributed by atoms with Crippen molar-refractivity contribution >= 4 is 106 Å². The van der Waals surface area contributed by atoms with Gasteiger partial charge in [0.05, 0.1) is 7.17 Å². The third-order valence-corrected chi connectivity index (χ3v) is 21.3. The molecule has 0 aromatic carbocycles. The minimum absolute atomic E-state index is 0.512. The molecule has 16 heteroatoms. The van der Waals surface area contributed by atoms with Crippen molar-refractivity contribution in [3.05, 3.63) is 0 Å². The fourth-order valence-electron chi connectivity index (χ4n) is 4.88. The summed E-state index contributed by atoms with van der Waals surface area (Å²) in [5, 5.41) is 0. The summed E-state index contributed by atoms with van der Waals surface area (Å²) in [6, 6.07) is 1.52. The van der Waals surface area contributed by atoms with Crippen LogP contribution >= 0.6 is 0 Å². The summed E-state index contributed by atoms with van der Waals surface area (Å²) in [4.78, 5) is 0. The zero-order chi connectivity index (χ0) is 27.0. The topological polar surface area (TPSA) is 18.5 Å². The normalized spacial score (nSPS) is 13.9. The summed E-state index contributed by atoms with van der Waals surface area (Å²) in [5.74, 6) is 13.0. The van der Waals surface area contributed by atoms with Gasteiger partial charge in [-0.05, 0) is 66.2 Å². The maximum atomic E-state index is 6.91. The molecule has 1 atom stereocenters. The molecule has 0 aromatic heterocycles. The first-order chi connectivity index (χ1) is 15.3. The molecule has 0 saturated heterocycles. The number of hydrogen-bond donors (Lipinski definition) is 0. The number of rotatable bonds is 14. The van der Waals surface area contributed by atoms with Crippen LogP contribution < -0.4 is 0 Å². The third kappa shape index (κ3) is 9.79. The van der Waals surface area contributed by atoms with Gasteiger partial charge in [-0.15, -0.1) is 28.4 Å². The standard InChI is InChI=1S/C18H36B10O2Si4/c1-11-13-15-31(3,4)29-33(7,8)17-24-27(22)18(26(20)21,28(23)25-19)34(9,10)30-32(5,6)16-14-12-2/h15-17H2,1-10H3. The fourth-order valence-corrected chi connectivity index (χ4v) is 22.7. The van der Waals surface area contributed by atoms with Crippen LogP contribution in [-0.2, 0) is 8.23 Å². The summed E-state index contributed by atoms with van der Waals surface area (Å²) >= 11 is 0. The molecule has 34 heavy (non-hydrogen) atoms. The van der Waals surface area contributed by atoms with Crippen molar-refractivity contribution in [2.45, 2.75) is 89.0 Å². The molecular weight excluding hydrogens is 469 g/mol. The largest absolute Gasteiger partial charge is 0.456 e. The van der Waals surface area contributed by atoms with Gasteiger partial charge >= 0.3 is 0 Å². The summed E-state index contributed by atoms with van der Waals surface area (Å²) in [6.07, 6.45) is 0. The Kier molecular flexibility index (Phi) is 14.1. The Hall–Kier alpha value is 0.557. The Bertz CT molecular complexity index is 776. The van der Waals surface area contributed by atoms with Crippen molar-refractivity contribution in [2.24, 2.45) is 0 Å². The van der Waals surface area contributed by atoms with E-state index in [1.807, 2.05) is 13.8 Å². The average molecular weight is 505 g/mol. The van der Waals surface area contributed by atoms with Crippen molar-refractivity contribution in [1.82, 2.24) is 0 Å². The molecule has 0 amide bonds. The van der Waals surface area contributed by atoms with Crippen LogP contribution in [0.3, 0.4) is 0 Å². The monoisotopic (exact) mass is 506 g/mol. The minimum Gasteiger partial charge on any atom is -0.456 e. The molecule has 12 radical (unpaired) electrons. The van der Waals surface area contributed by atoms with Crippen LogP contribution in [0, 0.1) is 23.7 Å². The van der Waals surface area contributed by atoms with E-state index in [-0.39, 0.29) is 0 Å². The molecule has 0 aliphatic carbocycles. The molecule has 0 saturated carbocycles. The Labute approximate surface area is 225 Å². The van der Waals surface area contributed by atoms with Crippen LogP contribution in [0.2, 0.25) is 75.1 Å². The van der Waals surface area contributed by atoms with Gasteiger partial charge in [-0.3, -0.25) is 0 Å². The Balaban J connectivity index is 6.06. The van der Waals surface area contributed by atoms with Gasteiger partial charge in [-0.1, -0.05) is 5.94 Å². The maximum Gasteiger partial charge on any atom is 0.185 e. The molecule has 0 aliphatic heterocycles. The van der Waals surface area contributed by atoms with Gasteiger partial charge in [-0.25, -0.2) is 0 Å². The van der Waals surface area contributed by atoms with Crippen LogP contribution in [0.4, 0.5) is 0 Å². The van der Waals surface area contributed by atoms with Crippen molar-refractivity contribution in [3.8, 4) is 23.7 Å². The second-order valence-electron chi connectivity index (χ2n) is 11.3. The lowest BCUT2D eigenvalue weighted by atomic mass is 8.79. The van der Waals surface area contributed by atoms with Gasteiger partial charge < -0.3 is 8.23 Å². The van der Waals surface area contributed by atoms with E-state index in [0.717, 1.165) is 12.0 Å². The van der Waals surface area contributed by atoms with E-state index in [4.69, 9.17) is 46.9 Å². The predicted molar refractivity (Wildman–Crippen MR) is 174 cm³/mol. The lowest BCUT2D eigenvalue weighted by Crippen LogP contribution is -2.74. The smallest absolute Gasteiger partial charge is 0.185 e. The van der Waals surface area contributed by atoms with E-state index in [9.17, 15) is 0 Å². The van der Waals surface area contributed by atoms with E-state index in [0.29, 0.717) is 6.04 Å². The molecule has 1 unspecified atom stereocenters. The van der Waals surface area contributed by atoms with E-state index in [1.54, 1.807) is 0 Å². The van der Waals surface area contributed by atoms with Crippen molar-refractivity contribution < 1.29 is 8.23 Å². The molecular formula is C18H36B10O2Si4. The zero-order valence-corrected chi connectivity index (χ0v) is 27.2. The fraction of sp³-hybridized carbons (Fsp3) is 0.778. The third-order valence-electron chi connectivity index (χ3n) is 6.23. The molecule has 166 valence electrons. The highest BCUT2D eigenvalue weighted by Gasteiger charge is 2.57. The molecule has 0 spiro atoms. The Morgan fingerprint density at radius 2 is 1.18 bits per heavy atom. The van der Waals surface area contributed by atoms with Crippen LogP contribution in [0.15, 0.2) is 0 Å². The first-order valence-corrected chi connectivity index (χ1v) is 24.2. The quantitative estimate of drug-likeness (QED) is 0.265. The van der Waals surface area contributed by atoms with E-state index in [1.165, 1.54) is 7.06 Å². The molecule has 0 aliphatic rings. The highest BCUT2D eigenvalue weighted by molar-refractivity contribution is 7.65. The Morgan fingerprint density at radius 3 is 1.56 bits per heavy atom.